The molecule has 4 atom stereocenters. The van der Waals surface area contributed by atoms with E-state index in [9.17, 15) is 13.5 Å². The van der Waals surface area contributed by atoms with E-state index in [1.165, 1.54) is 5.57 Å². The van der Waals surface area contributed by atoms with Crippen LogP contribution in [-0.2, 0) is 10.0 Å². The van der Waals surface area contributed by atoms with Gasteiger partial charge in [0.1, 0.15) is 0 Å². The summed E-state index contributed by atoms with van der Waals surface area (Å²) in [5, 5.41) is 14.4. The highest BCUT2D eigenvalue weighted by atomic mass is 32.2. The first-order chi connectivity index (χ1) is 12.3. The van der Waals surface area contributed by atoms with Crippen LogP contribution < -0.4 is 4.83 Å². The smallest absolute Gasteiger partial charge is 0.276 e. The van der Waals surface area contributed by atoms with Gasteiger partial charge in [0.15, 0.2) is 0 Å². The van der Waals surface area contributed by atoms with Gasteiger partial charge in [0.25, 0.3) is 10.0 Å². The maximum Gasteiger partial charge on any atom is 0.276 e. The SMILES string of the molecule is C=C1C[C@@]23C=CC(O)CC2C[C@@H]1C/C3=N/NS(=O)(=O)c1ccc(C)cc1. The van der Waals surface area contributed by atoms with Crippen LogP contribution in [0.5, 0.6) is 0 Å². The first kappa shape index (κ1) is 17.5. The predicted octanol–water partition coefficient (Wildman–Crippen LogP) is 2.92. The van der Waals surface area contributed by atoms with Crippen molar-refractivity contribution in [2.75, 3.05) is 0 Å². The monoisotopic (exact) mass is 372 g/mol. The Morgan fingerprint density at radius 1 is 1.27 bits per heavy atom. The number of fused-ring (bicyclic) bond motifs is 2. The zero-order chi connectivity index (χ0) is 18.5. The molecule has 2 unspecified atom stereocenters. The summed E-state index contributed by atoms with van der Waals surface area (Å²) in [7, 11) is -3.69. The summed E-state index contributed by atoms with van der Waals surface area (Å²) in [5.74, 6) is 0.609. The minimum absolute atomic E-state index is 0.210. The Labute approximate surface area is 154 Å². The Balaban J connectivity index is 1.66. The van der Waals surface area contributed by atoms with Crippen LogP contribution in [0, 0.1) is 24.2 Å². The van der Waals surface area contributed by atoms with Crippen LogP contribution in [0.1, 0.15) is 31.2 Å². The summed E-state index contributed by atoms with van der Waals surface area (Å²) in [6, 6.07) is 6.72. The predicted molar refractivity (Wildman–Crippen MR) is 101 cm³/mol. The number of benzene rings is 1. The molecule has 2 N–H and O–H groups in total. The molecule has 1 aromatic carbocycles. The quantitative estimate of drug-likeness (QED) is 0.632. The fourth-order valence-electron chi connectivity index (χ4n) is 4.66. The second-order valence-corrected chi connectivity index (χ2v) is 9.50. The fourth-order valence-corrected chi connectivity index (χ4v) is 5.49. The lowest BCUT2D eigenvalue weighted by molar-refractivity contribution is 0.0971. The van der Waals surface area contributed by atoms with E-state index in [0.29, 0.717) is 12.3 Å². The van der Waals surface area contributed by atoms with E-state index in [4.69, 9.17) is 0 Å². The van der Waals surface area contributed by atoms with E-state index in [2.05, 4.69) is 16.5 Å². The molecule has 0 saturated heterocycles. The Hall–Kier alpha value is -1.92. The molecule has 0 radical (unpaired) electrons. The second kappa shape index (κ2) is 6.06. The van der Waals surface area contributed by atoms with E-state index in [-0.39, 0.29) is 16.2 Å². The highest BCUT2D eigenvalue weighted by molar-refractivity contribution is 7.89. The summed E-state index contributed by atoms with van der Waals surface area (Å²) in [4.78, 5) is 2.65. The molecule has 26 heavy (non-hydrogen) atoms. The molecule has 0 amide bonds. The van der Waals surface area contributed by atoms with Gasteiger partial charge >= 0.3 is 0 Å². The third-order valence-electron chi connectivity index (χ3n) is 6.15. The number of sulfonamides is 1. The van der Waals surface area contributed by atoms with E-state index in [1.807, 2.05) is 19.1 Å². The molecule has 6 heteroatoms. The summed E-state index contributed by atoms with van der Waals surface area (Å²) >= 11 is 0. The molecule has 4 aliphatic carbocycles. The van der Waals surface area contributed by atoms with Crippen molar-refractivity contribution in [1.82, 2.24) is 4.83 Å². The molecule has 5 nitrogen and oxygen atoms in total. The van der Waals surface area contributed by atoms with Crippen molar-refractivity contribution in [2.24, 2.45) is 22.4 Å². The van der Waals surface area contributed by atoms with Gasteiger partial charge in [-0.1, -0.05) is 42.0 Å². The molecule has 0 aromatic heterocycles. The van der Waals surface area contributed by atoms with Gasteiger partial charge in [0.2, 0.25) is 0 Å². The number of nitrogens with one attached hydrogen (secondary N) is 1. The summed E-state index contributed by atoms with van der Waals surface area (Å²) in [6.07, 6.45) is 6.63. The molecule has 0 heterocycles. The Morgan fingerprint density at radius 2 is 2.00 bits per heavy atom. The van der Waals surface area contributed by atoms with Crippen molar-refractivity contribution >= 4 is 15.7 Å². The van der Waals surface area contributed by atoms with Crippen molar-refractivity contribution in [1.29, 1.82) is 0 Å². The highest BCUT2D eigenvalue weighted by Gasteiger charge is 2.53. The number of aliphatic hydroxyl groups is 1. The molecule has 3 saturated carbocycles. The molecule has 0 aliphatic heterocycles. The van der Waals surface area contributed by atoms with Crippen molar-refractivity contribution in [3.05, 3.63) is 54.1 Å². The molecular weight excluding hydrogens is 348 g/mol. The average Bonchev–Trinajstić information content (AvgIpc) is 2.60. The van der Waals surface area contributed by atoms with Crippen LogP contribution in [0.15, 0.2) is 58.6 Å². The van der Waals surface area contributed by atoms with E-state index in [0.717, 1.165) is 30.5 Å². The number of hydrazone groups is 1. The van der Waals surface area contributed by atoms with Gasteiger partial charge in [-0.25, -0.2) is 4.83 Å². The lowest BCUT2D eigenvalue weighted by Crippen LogP contribution is -2.52. The zero-order valence-electron chi connectivity index (χ0n) is 14.9. The molecular formula is C20H24N2O3S. The molecule has 2 bridgehead atoms. The van der Waals surface area contributed by atoms with Gasteiger partial charge in [0, 0.05) is 5.41 Å². The topological polar surface area (TPSA) is 78.8 Å². The maximum absolute atomic E-state index is 12.6. The maximum atomic E-state index is 12.6. The Morgan fingerprint density at radius 3 is 2.73 bits per heavy atom. The minimum Gasteiger partial charge on any atom is -0.389 e. The largest absolute Gasteiger partial charge is 0.389 e. The van der Waals surface area contributed by atoms with Crippen LogP contribution in [0.25, 0.3) is 0 Å². The summed E-state index contributed by atoms with van der Waals surface area (Å²) in [5.41, 5.74) is 2.78. The van der Waals surface area contributed by atoms with Crippen molar-refractivity contribution in [3.63, 3.8) is 0 Å². The highest BCUT2D eigenvalue weighted by Crippen LogP contribution is 2.57. The molecule has 5 rings (SSSR count). The van der Waals surface area contributed by atoms with Gasteiger partial charge in [-0.2, -0.15) is 13.5 Å². The van der Waals surface area contributed by atoms with Crippen LogP contribution in [0.2, 0.25) is 0 Å². The van der Waals surface area contributed by atoms with Crippen LogP contribution in [-0.4, -0.2) is 25.3 Å². The number of nitrogens with zero attached hydrogens (tertiary/aromatic N) is 1. The zero-order valence-corrected chi connectivity index (χ0v) is 15.7. The first-order valence-corrected chi connectivity index (χ1v) is 10.5. The normalized spacial score (nSPS) is 34.8. The summed E-state index contributed by atoms with van der Waals surface area (Å²) < 4.78 is 25.1. The van der Waals surface area contributed by atoms with Gasteiger partial charge < -0.3 is 5.11 Å². The van der Waals surface area contributed by atoms with Crippen molar-refractivity contribution in [3.8, 4) is 0 Å². The number of aryl methyl sites for hydroxylation is 1. The molecule has 138 valence electrons. The fraction of sp³-hybridized carbons (Fsp3) is 0.450. The van der Waals surface area contributed by atoms with Gasteiger partial charge in [-0.15, -0.1) is 0 Å². The van der Waals surface area contributed by atoms with E-state index >= 15 is 0 Å². The summed E-state index contributed by atoms with van der Waals surface area (Å²) in [6.45, 7) is 6.13. The van der Waals surface area contributed by atoms with Gasteiger partial charge in [-0.3, -0.25) is 0 Å². The molecule has 1 spiro atoms. The van der Waals surface area contributed by atoms with Crippen molar-refractivity contribution < 1.29 is 13.5 Å². The number of allylic oxidation sites excluding steroid dienone is 2. The molecule has 1 aromatic rings. The Kier molecular flexibility index (Phi) is 4.08. The number of hydrogen-bond acceptors (Lipinski definition) is 4. The van der Waals surface area contributed by atoms with E-state index in [1.54, 1.807) is 24.3 Å². The first-order valence-electron chi connectivity index (χ1n) is 9.01. The second-order valence-electron chi connectivity index (χ2n) is 7.84. The molecule has 4 aliphatic rings. The third-order valence-corrected chi connectivity index (χ3v) is 7.37. The lowest BCUT2D eigenvalue weighted by Gasteiger charge is -2.54. The average molecular weight is 372 g/mol. The standard InChI is InChI=1S/C20H24N2O3S/c1-13-3-5-18(6-4-13)26(24,25)22-21-19-10-15-9-16-11-17(23)7-8-20(16,19)12-14(15)2/h3-8,15-17,22-23H,2,9-12H2,1H3/b21-19-/t15-,16?,17?,20+/m1/s1. The van der Waals surface area contributed by atoms with Crippen LogP contribution in [0.3, 0.4) is 0 Å². The van der Waals surface area contributed by atoms with Gasteiger partial charge in [0.05, 0.1) is 16.7 Å². The number of rotatable bonds is 3. The number of aliphatic hydroxyl groups excluding tert-OH is 1. The third kappa shape index (κ3) is 2.81. The van der Waals surface area contributed by atoms with Crippen LogP contribution >= 0.6 is 0 Å². The van der Waals surface area contributed by atoms with Crippen LogP contribution in [0.4, 0.5) is 0 Å². The Bertz CT molecular complexity index is 901. The lowest BCUT2D eigenvalue weighted by atomic mass is 9.50. The minimum atomic E-state index is -3.69. The number of hydrogen-bond donors (Lipinski definition) is 2. The van der Waals surface area contributed by atoms with Gasteiger partial charge in [-0.05, 0) is 56.6 Å². The molecule has 3 fully saturated rings. The van der Waals surface area contributed by atoms with Crippen molar-refractivity contribution in [2.45, 2.75) is 43.6 Å². The van der Waals surface area contributed by atoms with E-state index < -0.39 is 16.1 Å².